The van der Waals surface area contributed by atoms with Crippen molar-refractivity contribution in [3.05, 3.63) is 0 Å². The molecule has 2 N–H and O–H groups in total. The zero-order chi connectivity index (χ0) is 11.8. The van der Waals surface area contributed by atoms with Gasteiger partial charge in [0.15, 0.2) is 0 Å². The highest BCUT2D eigenvalue weighted by atomic mass is 16.4. The van der Waals surface area contributed by atoms with Gasteiger partial charge >= 0.3 is 5.97 Å². The van der Waals surface area contributed by atoms with Crippen LogP contribution in [0.2, 0.25) is 0 Å². The molecule has 1 aliphatic heterocycles. The van der Waals surface area contributed by atoms with Crippen molar-refractivity contribution in [1.29, 1.82) is 0 Å². The molecule has 4 heteroatoms. The summed E-state index contributed by atoms with van der Waals surface area (Å²) in [6.45, 7) is 5.73. The van der Waals surface area contributed by atoms with E-state index in [-0.39, 0.29) is 6.04 Å². The summed E-state index contributed by atoms with van der Waals surface area (Å²) >= 11 is 0. The Morgan fingerprint density at radius 3 is 2.56 bits per heavy atom. The van der Waals surface area contributed by atoms with Gasteiger partial charge in [0.25, 0.3) is 0 Å². The lowest BCUT2D eigenvalue weighted by Gasteiger charge is -2.32. The van der Waals surface area contributed by atoms with Crippen molar-refractivity contribution in [2.75, 3.05) is 26.2 Å². The third-order valence-corrected chi connectivity index (χ3v) is 3.21. The number of aliphatic carboxylic acids is 1. The number of piperazine rings is 1. The molecule has 1 unspecified atom stereocenters. The number of unbranched alkanes of at least 4 members (excludes halogenated alkanes) is 3. The molecule has 0 aromatic carbocycles. The molecule has 0 spiro atoms. The van der Waals surface area contributed by atoms with Crippen LogP contribution in [-0.2, 0) is 4.79 Å². The zero-order valence-electron chi connectivity index (χ0n) is 10.2. The molecule has 4 nitrogen and oxygen atoms in total. The predicted octanol–water partition coefficient (Wildman–Crippen LogP) is 1.32. The molecule has 0 aromatic heterocycles. The third kappa shape index (κ3) is 4.49. The molecule has 1 fully saturated rings. The lowest BCUT2D eigenvalue weighted by molar-refractivity contribution is -0.143. The van der Waals surface area contributed by atoms with Gasteiger partial charge in [-0.25, -0.2) is 0 Å². The molecule has 16 heavy (non-hydrogen) atoms. The van der Waals surface area contributed by atoms with Crippen LogP contribution in [0, 0.1) is 0 Å². The first-order valence-electron chi connectivity index (χ1n) is 6.43. The number of carbonyl (C=O) groups is 1. The molecule has 0 aromatic rings. The van der Waals surface area contributed by atoms with Crippen molar-refractivity contribution in [2.45, 2.75) is 45.1 Å². The summed E-state index contributed by atoms with van der Waals surface area (Å²) in [5.41, 5.74) is 0. The lowest BCUT2D eigenvalue weighted by Crippen LogP contribution is -2.51. The van der Waals surface area contributed by atoms with E-state index < -0.39 is 5.97 Å². The van der Waals surface area contributed by atoms with Gasteiger partial charge in [-0.2, -0.15) is 0 Å². The number of carboxylic acids is 1. The topological polar surface area (TPSA) is 52.6 Å². The van der Waals surface area contributed by atoms with E-state index in [0.717, 1.165) is 45.4 Å². The van der Waals surface area contributed by atoms with Crippen LogP contribution in [0.5, 0.6) is 0 Å². The fourth-order valence-corrected chi connectivity index (χ4v) is 2.22. The number of rotatable bonds is 7. The van der Waals surface area contributed by atoms with E-state index in [1.807, 2.05) is 0 Å². The Morgan fingerprint density at radius 2 is 2.00 bits per heavy atom. The SMILES string of the molecule is CCCCCCC(C(=O)O)N1CCNCC1. The van der Waals surface area contributed by atoms with Gasteiger partial charge in [0.2, 0.25) is 0 Å². The first-order chi connectivity index (χ1) is 7.75. The van der Waals surface area contributed by atoms with Crippen LogP contribution in [0.3, 0.4) is 0 Å². The van der Waals surface area contributed by atoms with E-state index in [0.29, 0.717) is 0 Å². The summed E-state index contributed by atoms with van der Waals surface area (Å²) in [6.07, 6.45) is 5.41. The maximum absolute atomic E-state index is 11.2. The molecule has 94 valence electrons. The molecule has 0 saturated carbocycles. The Kier molecular flexibility index (Phi) is 6.42. The average molecular weight is 228 g/mol. The summed E-state index contributed by atoms with van der Waals surface area (Å²) in [5, 5.41) is 12.5. The van der Waals surface area contributed by atoms with Gasteiger partial charge < -0.3 is 10.4 Å². The second kappa shape index (κ2) is 7.63. The van der Waals surface area contributed by atoms with Gasteiger partial charge in [-0.15, -0.1) is 0 Å². The molecule has 0 radical (unpaired) electrons. The molecule has 1 atom stereocenters. The summed E-state index contributed by atoms with van der Waals surface area (Å²) in [7, 11) is 0. The zero-order valence-corrected chi connectivity index (χ0v) is 10.2. The Bertz CT molecular complexity index is 203. The highest BCUT2D eigenvalue weighted by molar-refractivity contribution is 5.73. The summed E-state index contributed by atoms with van der Waals surface area (Å²) in [5.74, 6) is -0.654. The number of nitrogens with zero attached hydrogens (tertiary/aromatic N) is 1. The van der Waals surface area contributed by atoms with Gasteiger partial charge in [-0.05, 0) is 6.42 Å². The number of nitrogens with one attached hydrogen (secondary N) is 1. The molecule has 0 amide bonds. The fraction of sp³-hybridized carbons (Fsp3) is 0.917. The van der Waals surface area contributed by atoms with Crippen LogP contribution < -0.4 is 5.32 Å². The quantitative estimate of drug-likeness (QED) is 0.645. The number of hydrogen-bond acceptors (Lipinski definition) is 3. The van der Waals surface area contributed by atoms with Crippen molar-refractivity contribution in [3.63, 3.8) is 0 Å². The summed E-state index contributed by atoms with van der Waals surface area (Å²) in [4.78, 5) is 13.3. The predicted molar refractivity (Wildman–Crippen MR) is 64.6 cm³/mol. The van der Waals surface area contributed by atoms with Gasteiger partial charge in [0.1, 0.15) is 6.04 Å². The number of hydrogen-bond donors (Lipinski definition) is 2. The minimum absolute atomic E-state index is 0.265. The van der Waals surface area contributed by atoms with Gasteiger partial charge in [-0.3, -0.25) is 9.69 Å². The first-order valence-corrected chi connectivity index (χ1v) is 6.43. The molecule has 1 aliphatic rings. The van der Waals surface area contributed by atoms with E-state index in [2.05, 4.69) is 17.1 Å². The van der Waals surface area contributed by atoms with Gasteiger partial charge in [0, 0.05) is 26.2 Å². The molecule has 0 aliphatic carbocycles. The van der Waals surface area contributed by atoms with Crippen LogP contribution in [0.1, 0.15) is 39.0 Å². The molecule has 1 rings (SSSR count). The minimum Gasteiger partial charge on any atom is -0.480 e. The van der Waals surface area contributed by atoms with Crippen molar-refractivity contribution < 1.29 is 9.90 Å². The van der Waals surface area contributed by atoms with E-state index >= 15 is 0 Å². The Hall–Kier alpha value is -0.610. The standard InChI is InChI=1S/C12H24N2O2/c1-2-3-4-5-6-11(12(15)16)14-9-7-13-8-10-14/h11,13H,2-10H2,1H3,(H,15,16). The summed E-state index contributed by atoms with van der Waals surface area (Å²) < 4.78 is 0. The lowest BCUT2D eigenvalue weighted by atomic mass is 10.1. The van der Waals surface area contributed by atoms with Crippen LogP contribution in [0.15, 0.2) is 0 Å². The molecular weight excluding hydrogens is 204 g/mol. The smallest absolute Gasteiger partial charge is 0.320 e. The molecule has 1 saturated heterocycles. The molecule has 1 heterocycles. The third-order valence-electron chi connectivity index (χ3n) is 3.21. The van der Waals surface area contributed by atoms with Crippen molar-refractivity contribution in [1.82, 2.24) is 10.2 Å². The highest BCUT2D eigenvalue weighted by Gasteiger charge is 2.25. The Labute approximate surface area is 98.0 Å². The average Bonchev–Trinajstić information content (AvgIpc) is 2.30. The largest absolute Gasteiger partial charge is 0.480 e. The maximum Gasteiger partial charge on any atom is 0.320 e. The van der Waals surface area contributed by atoms with E-state index in [4.69, 9.17) is 0 Å². The van der Waals surface area contributed by atoms with Crippen LogP contribution in [0.25, 0.3) is 0 Å². The Balaban J connectivity index is 2.31. The van der Waals surface area contributed by atoms with Crippen molar-refractivity contribution in [2.24, 2.45) is 0 Å². The second-order valence-corrected chi connectivity index (χ2v) is 4.49. The fourth-order valence-electron chi connectivity index (χ4n) is 2.22. The molecular formula is C12H24N2O2. The minimum atomic E-state index is -0.654. The van der Waals surface area contributed by atoms with Crippen molar-refractivity contribution in [3.8, 4) is 0 Å². The van der Waals surface area contributed by atoms with E-state index in [1.54, 1.807) is 0 Å². The van der Waals surface area contributed by atoms with Crippen LogP contribution in [-0.4, -0.2) is 48.2 Å². The van der Waals surface area contributed by atoms with Crippen LogP contribution >= 0.6 is 0 Å². The highest BCUT2D eigenvalue weighted by Crippen LogP contribution is 2.12. The maximum atomic E-state index is 11.2. The van der Waals surface area contributed by atoms with Crippen molar-refractivity contribution >= 4 is 5.97 Å². The summed E-state index contributed by atoms with van der Waals surface area (Å²) in [6, 6.07) is -0.265. The second-order valence-electron chi connectivity index (χ2n) is 4.49. The van der Waals surface area contributed by atoms with E-state index in [1.165, 1.54) is 12.8 Å². The first kappa shape index (κ1) is 13.5. The monoisotopic (exact) mass is 228 g/mol. The van der Waals surface area contributed by atoms with Crippen LogP contribution in [0.4, 0.5) is 0 Å². The van der Waals surface area contributed by atoms with Gasteiger partial charge in [-0.1, -0.05) is 32.6 Å². The normalized spacial score (nSPS) is 19.6. The van der Waals surface area contributed by atoms with Gasteiger partial charge in [0.05, 0.1) is 0 Å². The number of carboxylic acid groups (broad SMARTS) is 1. The Morgan fingerprint density at radius 1 is 1.31 bits per heavy atom. The molecule has 0 bridgehead atoms. The van der Waals surface area contributed by atoms with E-state index in [9.17, 15) is 9.90 Å².